The molecule has 0 aliphatic carbocycles. The highest BCUT2D eigenvalue weighted by Crippen LogP contribution is 2.14. The molecule has 0 bridgehead atoms. The lowest BCUT2D eigenvalue weighted by molar-refractivity contribution is -0.120. The summed E-state index contributed by atoms with van der Waals surface area (Å²) in [5.74, 6) is 0.125. The van der Waals surface area contributed by atoms with Crippen molar-refractivity contribution in [2.24, 2.45) is 0 Å². The highest BCUT2D eigenvalue weighted by Gasteiger charge is 2.16. The van der Waals surface area contributed by atoms with Crippen LogP contribution in [-0.4, -0.2) is 54.7 Å². The second-order valence-electron chi connectivity index (χ2n) is 7.51. The van der Waals surface area contributed by atoms with Crippen LogP contribution in [0.5, 0.6) is 5.75 Å². The van der Waals surface area contributed by atoms with E-state index < -0.39 is 0 Å². The van der Waals surface area contributed by atoms with Gasteiger partial charge in [-0.1, -0.05) is 24.3 Å². The number of carbonyl (C=O) groups excluding carboxylic acids is 2. The summed E-state index contributed by atoms with van der Waals surface area (Å²) in [6.45, 7) is 3.04. The summed E-state index contributed by atoms with van der Waals surface area (Å²) in [6.07, 6.45) is 1.51. The second-order valence-corrected chi connectivity index (χ2v) is 7.51. The van der Waals surface area contributed by atoms with Gasteiger partial charge in [0.05, 0.1) is 19.8 Å². The zero-order chi connectivity index (χ0) is 21.3. The van der Waals surface area contributed by atoms with Gasteiger partial charge in [-0.2, -0.15) is 0 Å². The van der Waals surface area contributed by atoms with Crippen LogP contribution < -0.4 is 15.4 Å². The molecular formula is C23H29N3O4. The monoisotopic (exact) mass is 411 g/mol. The van der Waals surface area contributed by atoms with Crippen molar-refractivity contribution in [2.45, 2.75) is 32.0 Å². The molecule has 30 heavy (non-hydrogen) atoms. The fraction of sp³-hybridized carbons (Fsp3) is 0.391. The highest BCUT2D eigenvalue weighted by molar-refractivity contribution is 5.96. The molecule has 2 aromatic carbocycles. The van der Waals surface area contributed by atoms with Crippen molar-refractivity contribution in [1.82, 2.24) is 15.5 Å². The van der Waals surface area contributed by atoms with Crippen molar-refractivity contribution in [3.05, 3.63) is 65.2 Å². The SMILES string of the molecule is COc1ccc(C(=O)NCC(=O)NCc2ccc(CN3CCC(O)CC3)cc2)cc1. The van der Waals surface area contributed by atoms with Crippen LogP contribution in [-0.2, 0) is 17.9 Å². The van der Waals surface area contributed by atoms with Crippen LogP contribution >= 0.6 is 0 Å². The number of nitrogens with zero attached hydrogens (tertiary/aromatic N) is 1. The van der Waals surface area contributed by atoms with Crippen LogP contribution in [0.15, 0.2) is 48.5 Å². The Labute approximate surface area is 177 Å². The van der Waals surface area contributed by atoms with Gasteiger partial charge in [0.25, 0.3) is 5.91 Å². The minimum absolute atomic E-state index is 0.0796. The molecule has 3 rings (SSSR count). The number of rotatable bonds is 8. The largest absolute Gasteiger partial charge is 0.497 e. The average Bonchev–Trinajstić information content (AvgIpc) is 2.78. The van der Waals surface area contributed by atoms with Crippen LogP contribution in [0, 0.1) is 0 Å². The lowest BCUT2D eigenvalue weighted by Gasteiger charge is -2.29. The molecule has 1 aliphatic heterocycles. The Morgan fingerprint density at radius 1 is 1.00 bits per heavy atom. The first kappa shape index (κ1) is 21.8. The van der Waals surface area contributed by atoms with E-state index in [1.807, 2.05) is 12.1 Å². The maximum Gasteiger partial charge on any atom is 0.251 e. The third-order valence-electron chi connectivity index (χ3n) is 5.24. The molecule has 0 aromatic heterocycles. The zero-order valence-electron chi connectivity index (χ0n) is 17.3. The van der Waals surface area contributed by atoms with Crippen molar-refractivity contribution in [3.8, 4) is 5.75 Å². The molecular weight excluding hydrogens is 382 g/mol. The van der Waals surface area contributed by atoms with Crippen LogP contribution in [0.2, 0.25) is 0 Å². The van der Waals surface area contributed by atoms with Gasteiger partial charge < -0.3 is 20.5 Å². The van der Waals surface area contributed by atoms with E-state index in [1.54, 1.807) is 31.4 Å². The number of nitrogens with one attached hydrogen (secondary N) is 2. The molecule has 0 saturated carbocycles. The summed E-state index contributed by atoms with van der Waals surface area (Å²) in [7, 11) is 1.56. The maximum absolute atomic E-state index is 12.1. The van der Waals surface area contributed by atoms with Crippen molar-refractivity contribution >= 4 is 11.8 Å². The molecule has 0 radical (unpaired) electrons. The summed E-state index contributed by atoms with van der Waals surface area (Å²) < 4.78 is 5.06. The van der Waals surface area contributed by atoms with E-state index in [2.05, 4.69) is 27.7 Å². The normalized spacial score (nSPS) is 14.9. The second kappa shape index (κ2) is 10.8. The van der Waals surface area contributed by atoms with Crippen molar-refractivity contribution in [1.29, 1.82) is 0 Å². The standard InChI is InChI=1S/C23H29N3O4/c1-30-21-8-6-19(7-9-21)23(29)25-15-22(28)24-14-17-2-4-18(5-3-17)16-26-12-10-20(27)11-13-26/h2-9,20,27H,10-16H2,1H3,(H,24,28)(H,25,29). The number of amides is 2. The molecule has 2 aromatic rings. The minimum atomic E-state index is -0.303. The number of carbonyl (C=O) groups is 2. The van der Waals surface area contributed by atoms with E-state index in [0.717, 1.165) is 38.0 Å². The summed E-state index contributed by atoms with van der Waals surface area (Å²) >= 11 is 0. The van der Waals surface area contributed by atoms with E-state index in [1.165, 1.54) is 5.56 Å². The first-order valence-corrected chi connectivity index (χ1v) is 10.2. The van der Waals surface area contributed by atoms with Crippen molar-refractivity contribution < 1.29 is 19.4 Å². The molecule has 3 N–H and O–H groups in total. The lowest BCUT2D eigenvalue weighted by atomic mass is 10.1. The van der Waals surface area contributed by atoms with E-state index in [0.29, 0.717) is 17.9 Å². The Bertz CT molecular complexity index is 829. The van der Waals surface area contributed by atoms with Gasteiger partial charge in [-0.3, -0.25) is 14.5 Å². The summed E-state index contributed by atoms with van der Waals surface area (Å²) in [4.78, 5) is 26.5. The van der Waals surface area contributed by atoms with E-state index in [4.69, 9.17) is 4.74 Å². The number of piperidine rings is 1. The quantitative estimate of drug-likeness (QED) is 0.615. The number of benzene rings is 2. The molecule has 2 amide bonds. The Morgan fingerprint density at radius 2 is 1.63 bits per heavy atom. The van der Waals surface area contributed by atoms with Gasteiger partial charge in [-0.25, -0.2) is 0 Å². The Balaban J connectivity index is 1.38. The number of methoxy groups -OCH3 is 1. The number of aliphatic hydroxyl groups excluding tert-OH is 1. The molecule has 0 atom stereocenters. The predicted molar refractivity (Wildman–Crippen MR) is 114 cm³/mol. The molecule has 7 heteroatoms. The molecule has 1 aliphatic rings. The summed E-state index contributed by atoms with van der Waals surface area (Å²) in [5, 5.41) is 15.0. The van der Waals surface area contributed by atoms with E-state index in [9.17, 15) is 14.7 Å². The lowest BCUT2D eigenvalue weighted by Crippen LogP contribution is -2.36. The molecule has 1 saturated heterocycles. The highest BCUT2D eigenvalue weighted by atomic mass is 16.5. The number of aliphatic hydroxyl groups is 1. The van der Waals surface area contributed by atoms with Crippen LogP contribution in [0.3, 0.4) is 0 Å². The fourth-order valence-corrected chi connectivity index (χ4v) is 3.37. The van der Waals surface area contributed by atoms with Crippen molar-refractivity contribution in [3.63, 3.8) is 0 Å². The Kier molecular flexibility index (Phi) is 7.82. The Morgan fingerprint density at radius 3 is 2.27 bits per heavy atom. The third-order valence-corrected chi connectivity index (χ3v) is 5.24. The van der Waals surface area contributed by atoms with Crippen LogP contribution in [0.4, 0.5) is 0 Å². The van der Waals surface area contributed by atoms with Gasteiger partial charge in [0.2, 0.25) is 5.91 Å². The topological polar surface area (TPSA) is 90.9 Å². The number of ether oxygens (including phenoxy) is 1. The number of likely N-dealkylation sites (tertiary alicyclic amines) is 1. The molecule has 7 nitrogen and oxygen atoms in total. The van der Waals surface area contributed by atoms with Gasteiger partial charge in [-0.05, 0) is 48.2 Å². The zero-order valence-corrected chi connectivity index (χ0v) is 17.3. The molecule has 0 unspecified atom stereocenters. The van der Waals surface area contributed by atoms with Crippen LogP contribution in [0.25, 0.3) is 0 Å². The molecule has 1 fully saturated rings. The first-order chi connectivity index (χ1) is 14.5. The molecule has 1 heterocycles. The van der Waals surface area contributed by atoms with Crippen LogP contribution in [0.1, 0.15) is 34.3 Å². The molecule has 0 spiro atoms. The van der Waals surface area contributed by atoms with E-state index in [-0.39, 0.29) is 24.5 Å². The minimum Gasteiger partial charge on any atom is -0.497 e. The van der Waals surface area contributed by atoms with Gasteiger partial charge in [0.1, 0.15) is 5.75 Å². The summed E-state index contributed by atoms with van der Waals surface area (Å²) in [6, 6.07) is 14.9. The average molecular weight is 412 g/mol. The number of hydrogen-bond acceptors (Lipinski definition) is 5. The number of hydrogen-bond donors (Lipinski definition) is 3. The Hall–Kier alpha value is -2.90. The van der Waals surface area contributed by atoms with Gasteiger partial charge >= 0.3 is 0 Å². The smallest absolute Gasteiger partial charge is 0.251 e. The van der Waals surface area contributed by atoms with Gasteiger partial charge in [0, 0.05) is 31.7 Å². The third kappa shape index (κ3) is 6.57. The van der Waals surface area contributed by atoms with E-state index >= 15 is 0 Å². The predicted octanol–water partition coefficient (Wildman–Crippen LogP) is 1.70. The maximum atomic E-state index is 12.1. The summed E-state index contributed by atoms with van der Waals surface area (Å²) in [5.41, 5.74) is 2.69. The fourth-order valence-electron chi connectivity index (χ4n) is 3.37. The molecule has 160 valence electrons. The first-order valence-electron chi connectivity index (χ1n) is 10.2. The van der Waals surface area contributed by atoms with Crippen molar-refractivity contribution in [2.75, 3.05) is 26.7 Å². The van der Waals surface area contributed by atoms with Gasteiger partial charge in [0.15, 0.2) is 0 Å². The van der Waals surface area contributed by atoms with Gasteiger partial charge in [-0.15, -0.1) is 0 Å².